The molecule has 3 saturated heterocycles. The molecule has 0 aliphatic carbocycles. The molecule has 40 heteroatoms. The van der Waals surface area contributed by atoms with Gasteiger partial charge >= 0.3 is 0 Å². The molecule has 0 radical (unpaired) electrons. The fourth-order valence-corrected chi connectivity index (χ4v) is 13.8. The fraction of sp³-hybridized carbons (Fsp3) is 0.587. The van der Waals surface area contributed by atoms with Crippen molar-refractivity contribution < 1.29 is 87.2 Å². The van der Waals surface area contributed by atoms with E-state index in [0.717, 1.165) is 11.8 Å². The number of rotatable bonds is 21. The van der Waals surface area contributed by atoms with Gasteiger partial charge in [0.25, 0.3) is 5.97 Å². The van der Waals surface area contributed by atoms with E-state index in [0.29, 0.717) is 39.4 Å². The molecule has 3 aliphatic heterocycles. The molecule has 16 atom stereocenters. The number of benzene rings is 2. The molecule has 0 unspecified atom stereocenters. The molecule has 4 aromatic rings. The Hall–Kier alpha value is -10.7. The first-order valence-electron chi connectivity index (χ1n) is 38.9. The Bertz CT molecular complexity index is 4020. The summed E-state index contributed by atoms with van der Waals surface area (Å²) >= 11 is 0. The average Bonchev–Trinajstić information content (AvgIpc) is 1.72. The number of aromatic nitrogens is 2. The Labute approximate surface area is 665 Å². The monoisotopic (exact) mass is 1610 g/mol. The summed E-state index contributed by atoms with van der Waals surface area (Å²) in [5, 5.41) is 62.0. The summed E-state index contributed by atoms with van der Waals surface area (Å²) in [6.07, 6.45) is 1.13. The van der Waals surface area contributed by atoms with E-state index in [1.807, 2.05) is 0 Å². The zero-order valence-corrected chi connectivity index (χ0v) is 65.6. The number of aliphatic carboxylic acids is 1. The van der Waals surface area contributed by atoms with Gasteiger partial charge in [-0.1, -0.05) is 56.7 Å². The van der Waals surface area contributed by atoms with Crippen LogP contribution in [0.25, 0.3) is 21.8 Å². The molecule has 2 aromatic carbocycles. The van der Waals surface area contributed by atoms with Crippen molar-refractivity contribution in [3.05, 3.63) is 72.1 Å². The number of H-pyrrole nitrogens is 2. The van der Waals surface area contributed by atoms with E-state index in [9.17, 15) is 77.3 Å². The smallest absolute Gasteiger partial charge is 0.300 e. The van der Waals surface area contributed by atoms with Gasteiger partial charge in [0, 0.05) is 67.1 Å². The van der Waals surface area contributed by atoms with E-state index in [4.69, 9.17) is 44.3 Å². The molecule has 14 amide bonds. The van der Waals surface area contributed by atoms with Crippen molar-refractivity contribution >= 4 is 110 Å². The third-order valence-corrected chi connectivity index (χ3v) is 20.3. The maximum absolute atomic E-state index is 15.0. The molecular formula is C75H116N22O18. The molecule has 634 valence electrons. The number of aliphatic hydroxyl groups excluding tert-OH is 2. The van der Waals surface area contributed by atoms with E-state index in [2.05, 4.69) is 73.8 Å². The minimum atomic E-state index is -1.77. The first-order chi connectivity index (χ1) is 54.9. The number of para-hydroxylation sites is 2. The van der Waals surface area contributed by atoms with Crippen molar-refractivity contribution in [2.75, 3.05) is 59.0 Å². The van der Waals surface area contributed by atoms with Crippen LogP contribution in [-0.4, -0.2) is 273 Å². The number of carboxylic acids is 1. The molecule has 0 saturated carbocycles. The number of carboxylic acid groups (broad SMARTS) is 1. The number of aromatic amines is 2. The number of nitrogens with two attached hydrogens (primary N) is 6. The highest BCUT2D eigenvalue weighted by molar-refractivity contribution is 6.02. The topological polar surface area (TPSA) is 655 Å². The van der Waals surface area contributed by atoms with Crippen molar-refractivity contribution in [3.8, 4) is 0 Å². The minimum absolute atomic E-state index is 0.0147. The summed E-state index contributed by atoms with van der Waals surface area (Å²) in [7, 11) is 0. The van der Waals surface area contributed by atoms with Crippen LogP contribution in [0.3, 0.4) is 0 Å². The molecule has 3 aliphatic rings. The molecular weight excluding hydrogens is 1500 g/mol. The summed E-state index contributed by atoms with van der Waals surface area (Å²) in [6.45, 7) is 5.06. The second-order valence-electron chi connectivity index (χ2n) is 28.9. The second kappa shape index (κ2) is 46.0. The molecule has 5 heterocycles. The number of hydrogen-bond acceptors (Lipinski definition) is 23. The Kier molecular flexibility index (Phi) is 37.2. The number of nitrogens with zero attached hydrogens (tertiary/aromatic N) is 2. The lowest BCUT2D eigenvalue weighted by atomic mass is 9.96. The van der Waals surface area contributed by atoms with Crippen LogP contribution in [0.15, 0.2) is 60.9 Å². The zero-order chi connectivity index (χ0) is 84.8. The summed E-state index contributed by atoms with van der Waals surface area (Å²) in [5.41, 5.74) is 38.4. The normalized spacial score (nSPS) is 26.3. The lowest BCUT2D eigenvalue weighted by Gasteiger charge is -2.33. The van der Waals surface area contributed by atoms with E-state index >= 15 is 0 Å². The van der Waals surface area contributed by atoms with Gasteiger partial charge in [0.15, 0.2) is 0 Å². The molecule has 29 N–H and O–H groups in total. The first kappa shape index (κ1) is 93.1. The van der Waals surface area contributed by atoms with Crippen molar-refractivity contribution in [3.63, 3.8) is 0 Å². The quantitative estimate of drug-likeness (QED) is 0.0369. The summed E-state index contributed by atoms with van der Waals surface area (Å²) in [6, 6.07) is -6.52. The number of hydrogen-bond donors (Lipinski definition) is 23. The summed E-state index contributed by atoms with van der Waals surface area (Å²) in [5.74, 6) is -14.2. The Balaban J connectivity index is 0.00000502. The number of nitrogens with one attached hydrogen (secondary N) is 14. The van der Waals surface area contributed by atoms with Gasteiger partial charge in [0.2, 0.25) is 82.7 Å². The van der Waals surface area contributed by atoms with Gasteiger partial charge in [-0.2, -0.15) is 0 Å². The third-order valence-electron chi connectivity index (χ3n) is 20.3. The molecule has 3 fully saturated rings. The molecule has 0 spiro atoms. The number of carbonyl (C=O) groups excluding carboxylic acids is 14. The molecule has 0 bridgehead atoms. The average molecular weight is 1610 g/mol. The Morgan fingerprint density at radius 3 is 1.18 bits per heavy atom. The van der Waals surface area contributed by atoms with Gasteiger partial charge in [-0.3, -0.25) is 71.9 Å². The molecule has 40 nitrogen and oxygen atoms in total. The van der Waals surface area contributed by atoms with Crippen LogP contribution in [0.5, 0.6) is 0 Å². The minimum Gasteiger partial charge on any atom is -0.481 e. The Morgan fingerprint density at radius 2 is 0.774 bits per heavy atom. The van der Waals surface area contributed by atoms with Crippen LogP contribution in [0, 0.1) is 5.92 Å². The molecule has 115 heavy (non-hydrogen) atoms. The first-order valence-corrected chi connectivity index (χ1v) is 38.9. The number of amides is 14. The summed E-state index contributed by atoms with van der Waals surface area (Å²) < 4.78 is 0. The van der Waals surface area contributed by atoms with Gasteiger partial charge in [-0.25, -0.2) is 0 Å². The highest BCUT2D eigenvalue weighted by Crippen LogP contribution is 2.27. The number of fused-ring (bicyclic) bond motifs is 4. The number of carbonyl (C=O) groups is 15. The standard InChI is InChI=1S/C73H112N22O16.C2H4O2/c1-5-38(2)58-70(108)88-52(24-30-79)65(103)83-47(17-10-25-74)62(100)85-49(21-27-76)63(101)86-51(23-29-78)66(104)89-53(33-41-35-80-45-15-8-6-13-43(41)45)67(105)87-50(22-28-77)64(102)84-48(20-26-75)61(99)82-39(3)60(98)91-55(37-96)72(110)95-32-12-19-57(95)73(111)94-31-11-18-56(94)69(107)93-59(40(4)97)71(109)90-54(68(106)92-58)34-42-36-81-46-16-9-7-14-44(42)46;1-2(3)4/h6-9,13-16,35-36,38-40,47-59,80-81,96-97H,5,10-12,17-34,37,74-79H2,1-4H3,(H,82,99)(H,83,103)(H,84,102)(H,85,100)(H,86,101)(H,87,105)(H,88,108)(H,89,104)(H,90,109)(H,91,98)(H,92,106)(H,93,107);1H3,(H,3,4)/t38-,39-,40+,47-,48-,49+,50-,51-,52-,53-,54-,55-,56-,57+,58-,59-;/m0./s1. The van der Waals surface area contributed by atoms with Gasteiger partial charge in [0.1, 0.15) is 84.6 Å². The largest absolute Gasteiger partial charge is 0.481 e. The highest BCUT2D eigenvalue weighted by Gasteiger charge is 2.46. The van der Waals surface area contributed by atoms with Crippen LogP contribution in [0.2, 0.25) is 0 Å². The lowest BCUT2D eigenvalue weighted by Crippen LogP contribution is -2.63. The SMILES string of the molecule is CC(=O)O.CC[C@H](C)[C@@H]1NC(=O)[C@H](Cc2c[nH]c3ccccc23)NC(=O)[C@H]([C@@H](C)O)NC(=O)[C@@H]2CCCN2C(=O)[C@H]2CCCN2C(=O)[C@H](CO)NC(=O)[C@H](C)NC(=O)[C@H](CCN)NC(=O)[C@H](CCN)NC(=O)[C@H](Cc2c[nH]c3ccccc23)NC(=O)[C@H](CCN)NC(=O)[C@@H](CCN)NC(=O)[C@H](CCCN)NC(=O)[C@H](CCN)NC1=O. The molecule has 2 aromatic heterocycles. The highest BCUT2D eigenvalue weighted by atomic mass is 16.4. The van der Waals surface area contributed by atoms with Crippen LogP contribution < -0.4 is 98.2 Å². The summed E-state index contributed by atoms with van der Waals surface area (Å²) in [4.78, 5) is 221. The Morgan fingerprint density at radius 1 is 0.435 bits per heavy atom. The predicted octanol–water partition coefficient (Wildman–Crippen LogP) is -6.74. The van der Waals surface area contributed by atoms with Gasteiger partial charge < -0.3 is 133 Å². The zero-order valence-electron chi connectivity index (χ0n) is 65.6. The third kappa shape index (κ3) is 26.4. The van der Waals surface area contributed by atoms with Crippen LogP contribution in [0.4, 0.5) is 0 Å². The molecule has 7 rings (SSSR count). The van der Waals surface area contributed by atoms with Gasteiger partial charge in [-0.05, 0) is 153 Å². The van der Waals surface area contributed by atoms with Crippen LogP contribution in [-0.2, 0) is 84.8 Å². The van der Waals surface area contributed by atoms with Gasteiger partial charge in [-0.15, -0.1) is 0 Å². The second-order valence-corrected chi connectivity index (χ2v) is 28.9. The van der Waals surface area contributed by atoms with E-state index in [-0.39, 0.29) is 136 Å². The van der Waals surface area contributed by atoms with Crippen molar-refractivity contribution in [1.82, 2.24) is 83.6 Å². The van der Waals surface area contributed by atoms with E-state index < -0.39 is 192 Å². The maximum Gasteiger partial charge on any atom is 0.300 e. The van der Waals surface area contributed by atoms with Crippen molar-refractivity contribution in [1.29, 1.82) is 0 Å². The predicted molar refractivity (Wildman–Crippen MR) is 420 cm³/mol. The number of aliphatic hydroxyl groups is 2. The lowest BCUT2D eigenvalue weighted by molar-refractivity contribution is -0.148. The van der Waals surface area contributed by atoms with Crippen molar-refractivity contribution in [2.24, 2.45) is 40.3 Å². The maximum atomic E-state index is 15.0. The van der Waals surface area contributed by atoms with Crippen LogP contribution in [0.1, 0.15) is 123 Å². The van der Waals surface area contributed by atoms with E-state index in [1.165, 1.54) is 18.7 Å². The van der Waals surface area contributed by atoms with Crippen LogP contribution >= 0.6 is 0 Å². The fourth-order valence-electron chi connectivity index (χ4n) is 13.8. The van der Waals surface area contributed by atoms with E-state index in [1.54, 1.807) is 74.8 Å². The van der Waals surface area contributed by atoms with Gasteiger partial charge in [0.05, 0.1) is 12.7 Å². The van der Waals surface area contributed by atoms with Crippen molar-refractivity contribution in [2.45, 2.75) is 215 Å².